The average Bonchev–Trinajstić information content (AvgIpc) is 3.25. The van der Waals surface area contributed by atoms with Gasteiger partial charge in [-0.15, -0.1) is 0 Å². The highest BCUT2D eigenvalue weighted by atomic mass is 32.2. The van der Waals surface area contributed by atoms with E-state index in [4.69, 9.17) is 0 Å². The van der Waals surface area contributed by atoms with Gasteiger partial charge >= 0.3 is 6.03 Å². The summed E-state index contributed by atoms with van der Waals surface area (Å²) in [6, 6.07) is -0.468. The molecule has 0 aliphatic heterocycles. The van der Waals surface area contributed by atoms with Crippen LogP contribution in [0.4, 0.5) is 4.79 Å². The first-order chi connectivity index (χ1) is 18.5. The van der Waals surface area contributed by atoms with E-state index in [1.807, 2.05) is 0 Å². The smallest absolute Gasteiger partial charge is 0.330 e. The molecule has 0 bridgehead atoms. The number of hydrogen-bond acceptors (Lipinski definition) is 4. The van der Waals surface area contributed by atoms with Crippen LogP contribution in [0.15, 0.2) is 0 Å². The number of sulfonamides is 1. The summed E-state index contributed by atoms with van der Waals surface area (Å²) in [5.41, 5.74) is 0.790. The van der Waals surface area contributed by atoms with Crippen molar-refractivity contribution in [3.05, 3.63) is 0 Å². The summed E-state index contributed by atoms with van der Waals surface area (Å²) in [4.78, 5) is 14.3. The van der Waals surface area contributed by atoms with Gasteiger partial charge in [0, 0.05) is 13.6 Å². The summed E-state index contributed by atoms with van der Waals surface area (Å²) in [5.74, 6) is 4.60. The first-order valence-corrected chi connectivity index (χ1v) is 18.0. The Kier molecular flexibility index (Phi) is 8.71. The molecule has 5 aliphatic carbocycles. The Morgan fingerprint density at radius 2 is 1.62 bits per heavy atom. The van der Waals surface area contributed by atoms with Crippen LogP contribution in [-0.2, 0) is 10.0 Å². The normalized spacial score (nSPS) is 42.7. The lowest BCUT2D eigenvalue weighted by Crippen LogP contribution is -2.56. The van der Waals surface area contributed by atoms with Gasteiger partial charge in [-0.1, -0.05) is 46.5 Å². The van der Waals surface area contributed by atoms with E-state index >= 15 is 0 Å². The fourth-order valence-electron chi connectivity index (χ4n) is 10.9. The van der Waals surface area contributed by atoms with Crippen LogP contribution >= 0.6 is 0 Å². The van der Waals surface area contributed by atoms with Crippen molar-refractivity contribution in [2.24, 2.45) is 46.3 Å². The highest BCUT2D eigenvalue weighted by Gasteiger charge is 2.61. The molecule has 0 spiro atoms. The number of nitrogens with one attached hydrogen (secondary N) is 1. The molecule has 0 heterocycles. The van der Waals surface area contributed by atoms with Gasteiger partial charge in [-0.2, -0.15) is 0 Å². The van der Waals surface area contributed by atoms with Crippen LogP contribution in [0.3, 0.4) is 0 Å². The van der Waals surface area contributed by atoms with E-state index in [0.717, 1.165) is 68.6 Å². The summed E-state index contributed by atoms with van der Waals surface area (Å²) in [7, 11) is -1.85. The quantitative estimate of drug-likeness (QED) is 0.359. The number of amides is 2. The van der Waals surface area contributed by atoms with Gasteiger partial charge in [-0.05, 0) is 123 Å². The second kappa shape index (κ2) is 11.5. The minimum absolute atomic E-state index is 0.0917. The summed E-state index contributed by atoms with van der Waals surface area (Å²) in [6.07, 6.45) is 17.4. The van der Waals surface area contributed by atoms with E-state index in [1.54, 1.807) is 11.9 Å². The molecule has 5 fully saturated rings. The third-order valence-electron chi connectivity index (χ3n) is 13.2. The van der Waals surface area contributed by atoms with Crippen molar-refractivity contribution < 1.29 is 18.3 Å². The zero-order chi connectivity index (χ0) is 28.0. The lowest BCUT2D eigenvalue weighted by atomic mass is 9.42. The molecule has 2 N–H and O–H groups in total. The molecule has 39 heavy (non-hydrogen) atoms. The minimum atomic E-state index is -3.58. The average molecular weight is 565 g/mol. The first kappa shape index (κ1) is 29.7. The molecule has 224 valence electrons. The predicted molar refractivity (Wildman–Crippen MR) is 157 cm³/mol. The molecule has 5 rings (SSSR count). The number of rotatable bonds is 7. The first-order valence-electron chi connectivity index (χ1n) is 16.4. The van der Waals surface area contributed by atoms with E-state index < -0.39 is 21.3 Å². The van der Waals surface area contributed by atoms with Crippen molar-refractivity contribution in [2.45, 2.75) is 135 Å². The molecular formula is C32H56N2O4S. The number of urea groups is 1. The fourth-order valence-corrected chi connectivity index (χ4v) is 12.4. The number of carbonyl (C=O) groups is 1. The van der Waals surface area contributed by atoms with E-state index in [0.29, 0.717) is 42.1 Å². The molecule has 0 aromatic heterocycles. The number of aliphatic hydroxyl groups excluding tert-OH is 1. The lowest BCUT2D eigenvalue weighted by Gasteiger charge is -2.63. The molecule has 7 heteroatoms. The maximum absolute atomic E-state index is 12.7. The number of hydrogen-bond donors (Lipinski definition) is 2. The predicted octanol–water partition coefficient (Wildman–Crippen LogP) is 6.73. The third kappa shape index (κ3) is 5.53. The van der Waals surface area contributed by atoms with Gasteiger partial charge in [-0.25, -0.2) is 17.9 Å². The molecule has 0 radical (unpaired) electrons. The largest absolute Gasteiger partial charge is 0.393 e. The molecule has 6 nitrogen and oxygen atoms in total. The van der Waals surface area contributed by atoms with Crippen LogP contribution in [0.5, 0.6) is 0 Å². The molecular weight excluding hydrogens is 508 g/mol. The van der Waals surface area contributed by atoms with Gasteiger partial charge in [0.05, 0.1) is 11.4 Å². The Morgan fingerprint density at radius 1 is 0.923 bits per heavy atom. The zero-order valence-corrected chi connectivity index (χ0v) is 26.0. The van der Waals surface area contributed by atoms with Gasteiger partial charge < -0.3 is 10.0 Å². The number of fused-ring (bicyclic) bond motifs is 5. The highest BCUT2D eigenvalue weighted by molar-refractivity contribution is 7.90. The van der Waals surface area contributed by atoms with Crippen LogP contribution in [0.25, 0.3) is 0 Å². The Morgan fingerprint density at radius 3 is 2.33 bits per heavy atom. The summed E-state index contributed by atoms with van der Waals surface area (Å²) in [6.45, 7) is 8.15. The topological polar surface area (TPSA) is 86.7 Å². The van der Waals surface area contributed by atoms with Crippen LogP contribution < -0.4 is 4.72 Å². The lowest BCUT2D eigenvalue weighted by molar-refractivity contribution is -0.150. The molecule has 5 saturated carbocycles. The number of nitrogens with zero attached hydrogens (tertiary/aromatic N) is 1. The van der Waals surface area contributed by atoms with E-state index in [9.17, 15) is 18.3 Å². The van der Waals surface area contributed by atoms with Gasteiger partial charge in [0.25, 0.3) is 0 Å². The van der Waals surface area contributed by atoms with Gasteiger partial charge in [0.2, 0.25) is 10.0 Å². The molecule has 9 atom stereocenters. The van der Waals surface area contributed by atoms with Crippen LogP contribution in [0, 0.1) is 46.3 Å². The van der Waals surface area contributed by atoms with Crippen molar-refractivity contribution in [3.8, 4) is 0 Å². The minimum Gasteiger partial charge on any atom is -0.393 e. The summed E-state index contributed by atoms with van der Waals surface area (Å²) < 4.78 is 27.8. The molecule has 2 amide bonds. The molecule has 0 aromatic carbocycles. The Bertz CT molecular complexity index is 981. The Hall–Kier alpha value is -0.820. The SMILES string of the molecule is CC[C@H]1C[C@@H]2[C@H](CC[C@]3(C)[C@@H](CCCN(C)C(=O)NS(=O)(=O)C4CCCCC4)CC[C@@H]23)[C@@]2(C)CC[C@@H](O)C[C@@H]12. The summed E-state index contributed by atoms with van der Waals surface area (Å²) >= 11 is 0. The van der Waals surface area contributed by atoms with Gasteiger partial charge in [0.15, 0.2) is 0 Å². The molecule has 0 aromatic rings. The molecule has 5 aliphatic rings. The van der Waals surface area contributed by atoms with Crippen molar-refractivity contribution >= 4 is 16.1 Å². The second-order valence-corrected chi connectivity index (χ2v) is 16.9. The maximum Gasteiger partial charge on any atom is 0.330 e. The second-order valence-electron chi connectivity index (χ2n) is 14.9. The van der Waals surface area contributed by atoms with E-state index in [2.05, 4.69) is 25.5 Å². The number of carbonyl (C=O) groups excluding carboxylic acids is 1. The standard InChI is InChI=1S/C32H56N2O4S/c1-5-22-20-26-27-14-13-23(31(27,2)18-16-28(26)32(3)17-15-24(35)21-29(22)32)10-9-19-34(4)30(36)33-39(37,38)25-11-7-6-8-12-25/h22-29,35H,5-21H2,1-4H3,(H,33,36)/t22-,23-,24+,26-,27-,28-,29-,31+,32+/m0/s1. The molecule has 0 unspecified atom stereocenters. The zero-order valence-electron chi connectivity index (χ0n) is 25.2. The van der Waals surface area contributed by atoms with Gasteiger partial charge in [0.1, 0.15) is 0 Å². The van der Waals surface area contributed by atoms with Crippen molar-refractivity contribution in [1.29, 1.82) is 0 Å². The molecule has 0 saturated heterocycles. The fraction of sp³-hybridized carbons (Fsp3) is 0.969. The Balaban J connectivity index is 1.17. The third-order valence-corrected chi connectivity index (χ3v) is 15.0. The number of aliphatic hydroxyl groups is 1. The Labute approximate surface area is 238 Å². The van der Waals surface area contributed by atoms with Crippen molar-refractivity contribution in [3.63, 3.8) is 0 Å². The van der Waals surface area contributed by atoms with Crippen LogP contribution in [-0.4, -0.2) is 49.4 Å². The van der Waals surface area contributed by atoms with Crippen molar-refractivity contribution in [2.75, 3.05) is 13.6 Å². The van der Waals surface area contributed by atoms with Crippen LogP contribution in [0.1, 0.15) is 124 Å². The highest BCUT2D eigenvalue weighted by Crippen LogP contribution is 2.69. The monoisotopic (exact) mass is 564 g/mol. The van der Waals surface area contributed by atoms with Gasteiger partial charge in [-0.3, -0.25) is 0 Å². The van der Waals surface area contributed by atoms with Crippen LogP contribution in [0.2, 0.25) is 0 Å². The van der Waals surface area contributed by atoms with Crippen molar-refractivity contribution in [1.82, 2.24) is 9.62 Å². The van der Waals surface area contributed by atoms with E-state index in [-0.39, 0.29) is 6.10 Å². The maximum atomic E-state index is 12.7. The summed E-state index contributed by atoms with van der Waals surface area (Å²) in [5, 5.41) is 10.1. The van der Waals surface area contributed by atoms with E-state index in [1.165, 1.54) is 44.9 Å².